The van der Waals surface area contributed by atoms with Gasteiger partial charge in [-0.1, -0.05) is 49.4 Å². The van der Waals surface area contributed by atoms with E-state index in [2.05, 4.69) is 57.4 Å². The Labute approximate surface area is 184 Å². The van der Waals surface area contributed by atoms with Crippen molar-refractivity contribution < 1.29 is 4.79 Å². The Morgan fingerprint density at radius 1 is 1.03 bits per heavy atom. The zero-order valence-corrected chi connectivity index (χ0v) is 18.0. The maximum absolute atomic E-state index is 12.9. The molecule has 0 aliphatic carbocycles. The van der Waals surface area contributed by atoms with Crippen molar-refractivity contribution in [3.8, 4) is 0 Å². The van der Waals surface area contributed by atoms with Crippen molar-refractivity contribution in [2.75, 3.05) is 19.6 Å². The summed E-state index contributed by atoms with van der Waals surface area (Å²) in [5.74, 6) is 0.627. The molecule has 3 atom stereocenters. The van der Waals surface area contributed by atoms with Gasteiger partial charge in [-0.25, -0.2) is 0 Å². The van der Waals surface area contributed by atoms with Crippen LogP contribution in [0.15, 0.2) is 79.1 Å². The lowest BCUT2D eigenvalue weighted by atomic mass is 9.87. The van der Waals surface area contributed by atoms with Gasteiger partial charge in [0.2, 0.25) is 0 Å². The van der Waals surface area contributed by atoms with E-state index < -0.39 is 0 Å². The van der Waals surface area contributed by atoms with Gasteiger partial charge in [0.15, 0.2) is 0 Å². The second-order valence-corrected chi connectivity index (χ2v) is 8.39. The van der Waals surface area contributed by atoms with Crippen LogP contribution in [0.5, 0.6) is 0 Å². The number of rotatable bonds is 7. The van der Waals surface area contributed by atoms with Gasteiger partial charge in [0.1, 0.15) is 5.69 Å². The number of nitrogens with zero attached hydrogens (tertiary/aromatic N) is 3. The lowest BCUT2D eigenvalue weighted by molar-refractivity contribution is 0.0872. The fraction of sp³-hybridized carbons (Fsp3) is 0.346. The number of piperidine rings is 1. The number of nitrogens with one attached hydrogen (secondary N) is 1. The van der Waals surface area contributed by atoms with E-state index in [-0.39, 0.29) is 11.9 Å². The number of benzene rings is 1. The molecule has 0 unspecified atom stereocenters. The zero-order valence-electron chi connectivity index (χ0n) is 18.0. The number of amides is 1. The highest BCUT2D eigenvalue weighted by atomic mass is 16.1. The summed E-state index contributed by atoms with van der Waals surface area (Å²) in [4.78, 5) is 24.2. The Morgan fingerprint density at radius 3 is 2.48 bits per heavy atom. The van der Waals surface area contributed by atoms with Crippen LogP contribution in [0.4, 0.5) is 0 Å². The third kappa shape index (κ3) is 5.56. The van der Waals surface area contributed by atoms with Crippen molar-refractivity contribution in [2.45, 2.75) is 31.7 Å². The molecule has 1 amide bonds. The monoisotopic (exact) mass is 414 g/mol. The van der Waals surface area contributed by atoms with Gasteiger partial charge in [0.25, 0.3) is 5.91 Å². The highest BCUT2D eigenvalue weighted by Crippen LogP contribution is 2.30. The largest absolute Gasteiger partial charge is 0.342 e. The molecular formula is C26H30N4O. The van der Waals surface area contributed by atoms with Crippen molar-refractivity contribution in [2.24, 2.45) is 5.92 Å². The van der Waals surface area contributed by atoms with E-state index in [0.717, 1.165) is 38.2 Å². The molecule has 3 aromatic rings. The van der Waals surface area contributed by atoms with Crippen LogP contribution in [-0.2, 0) is 0 Å². The summed E-state index contributed by atoms with van der Waals surface area (Å²) in [6.07, 6.45) is 5.64. The number of carbonyl (C=O) groups excluding carboxylic acids is 1. The Kier molecular flexibility index (Phi) is 7.05. The highest BCUT2D eigenvalue weighted by Gasteiger charge is 2.31. The molecule has 1 aliphatic rings. The fourth-order valence-electron chi connectivity index (χ4n) is 4.51. The van der Waals surface area contributed by atoms with Crippen LogP contribution in [0.2, 0.25) is 0 Å². The maximum Gasteiger partial charge on any atom is 0.270 e. The molecule has 1 fully saturated rings. The number of aromatic nitrogens is 2. The van der Waals surface area contributed by atoms with Gasteiger partial charge < -0.3 is 10.2 Å². The molecule has 1 N–H and O–H groups in total. The Balaban J connectivity index is 1.49. The van der Waals surface area contributed by atoms with E-state index in [0.29, 0.717) is 17.5 Å². The number of carbonyl (C=O) groups is 1. The first-order chi connectivity index (χ1) is 15.2. The van der Waals surface area contributed by atoms with E-state index in [9.17, 15) is 4.79 Å². The zero-order chi connectivity index (χ0) is 21.5. The van der Waals surface area contributed by atoms with Crippen LogP contribution in [0.25, 0.3) is 0 Å². The van der Waals surface area contributed by atoms with Gasteiger partial charge in [-0.15, -0.1) is 0 Å². The fourth-order valence-corrected chi connectivity index (χ4v) is 4.51. The molecule has 4 rings (SSSR count). The molecule has 31 heavy (non-hydrogen) atoms. The van der Waals surface area contributed by atoms with Crippen molar-refractivity contribution in [1.82, 2.24) is 20.2 Å². The van der Waals surface area contributed by atoms with Crippen molar-refractivity contribution in [3.05, 3.63) is 96.1 Å². The summed E-state index contributed by atoms with van der Waals surface area (Å²) in [7, 11) is 0. The normalized spacial score (nSPS) is 18.8. The van der Waals surface area contributed by atoms with Crippen LogP contribution < -0.4 is 5.32 Å². The second-order valence-electron chi connectivity index (χ2n) is 8.39. The SMILES string of the molecule is C[C@@H](CN1CCC[C@H]([C@H](NC(=O)c2ccccn2)c2ccccn2)C1)c1ccccc1. The lowest BCUT2D eigenvalue weighted by Gasteiger charge is -2.38. The van der Waals surface area contributed by atoms with Crippen LogP contribution in [-0.4, -0.2) is 40.4 Å². The summed E-state index contributed by atoms with van der Waals surface area (Å²) in [6.45, 7) is 5.35. The average Bonchev–Trinajstić information content (AvgIpc) is 2.84. The Hall–Kier alpha value is -3.05. The number of hydrogen-bond donors (Lipinski definition) is 1. The molecular weight excluding hydrogens is 384 g/mol. The quantitative estimate of drug-likeness (QED) is 0.620. The van der Waals surface area contributed by atoms with E-state index >= 15 is 0 Å². The van der Waals surface area contributed by atoms with Crippen molar-refractivity contribution >= 4 is 5.91 Å². The molecule has 5 heteroatoms. The van der Waals surface area contributed by atoms with Crippen LogP contribution in [0.1, 0.15) is 53.5 Å². The summed E-state index contributed by atoms with van der Waals surface area (Å²) in [5.41, 5.74) is 2.72. The molecule has 1 saturated heterocycles. The predicted octanol–water partition coefficient (Wildman–Crippen LogP) is 4.46. The molecule has 0 saturated carbocycles. The van der Waals surface area contributed by atoms with Crippen LogP contribution >= 0.6 is 0 Å². The first-order valence-corrected chi connectivity index (χ1v) is 11.1. The lowest BCUT2D eigenvalue weighted by Crippen LogP contribution is -2.44. The van der Waals surface area contributed by atoms with E-state index in [1.165, 1.54) is 5.56 Å². The van der Waals surface area contributed by atoms with E-state index in [1.54, 1.807) is 18.5 Å². The molecule has 160 valence electrons. The van der Waals surface area contributed by atoms with E-state index in [4.69, 9.17) is 0 Å². The first kappa shape index (κ1) is 21.2. The van der Waals surface area contributed by atoms with Gasteiger partial charge in [-0.2, -0.15) is 0 Å². The molecule has 0 bridgehead atoms. The third-order valence-corrected chi connectivity index (χ3v) is 6.10. The minimum atomic E-state index is -0.147. The molecule has 1 aliphatic heterocycles. The van der Waals surface area contributed by atoms with Gasteiger partial charge in [0, 0.05) is 25.5 Å². The van der Waals surface area contributed by atoms with Crippen molar-refractivity contribution in [3.63, 3.8) is 0 Å². The Bertz CT molecular complexity index is 949. The van der Waals surface area contributed by atoms with Gasteiger partial charge in [0.05, 0.1) is 11.7 Å². The topological polar surface area (TPSA) is 58.1 Å². The van der Waals surface area contributed by atoms with Crippen LogP contribution in [0, 0.1) is 5.92 Å². The summed E-state index contributed by atoms with van der Waals surface area (Å²) in [5, 5.41) is 3.23. The number of pyridine rings is 2. The Morgan fingerprint density at radius 2 is 1.77 bits per heavy atom. The standard InChI is InChI=1S/C26H30N4O/c1-20(21-10-3-2-4-11-21)18-30-17-9-12-22(19-30)25(23-13-5-7-15-27-23)29-26(31)24-14-6-8-16-28-24/h2-8,10-11,13-16,20,22,25H,9,12,17-19H2,1H3,(H,29,31)/t20-,22-,25-/m0/s1. The molecule has 0 radical (unpaired) electrons. The van der Waals surface area contributed by atoms with Crippen LogP contribution in [0.3, 0.4) is 0 Å². The van der Waals surface area contributed by atoms with Gasteiger partial charge in [-0.3, -0.25) is 14.8 Å². The summed E-state index contributed by atoms with van der Waals surface area (Å²) < 4.78 is 0. The molecule has 3 heterocycles. The predicted molar refractivity (Wildman–Crippen MR) is 123 cm³/mol. The highest BCUT2D eigenvalue weighted by molar-refractivity contribution is 5.92. The van der Waals surface area contributed by atoms with E-state index in [1.807, 2.05) is 30.3 Å². The van der Waals surface area contributed by atoms with Gasteiger partial charge >= 0.3 is 0 Å². The minimum absolute atomic E-state index is 0.134. The average molecular weight is 415 g/mol. The molecule has 2 aromatic heterocycles. The van der Waals surface area contributed by atoms with Crippen molar-refractivity contribution in [1.29, 1.82) is 0 Å². The molecule has 1 aromatic carbocycles. The summed E-state index contributed by atoms with van der Waals surface area (Å²) in [6, 6.07) is 21.9. The maximum atomic E-state index is 12.9. The first-order valence-electron chi connectivity index (χ1n) is 11.1. The minimum Gasteiger partial charge on any atom is -0.342 e. The smallest absolute Gasteiger partial charge is 0.270 e. The molecule has 5 nitrogen and oxygen atoms in total. The summed E-state index contributed by atoms with van der Waals surface area (Å²) >= 11 is 0. The number of hydrogen-bond acceptors (Lipinski definition) is 4. The number of likely N-dealkylation sites (tertiary alicyclic amines) is 1. The van der Waals surface area contributed by atoms with Gasteiger partial charge in [-0.05, 0) is 61.1 Å². The molecule has 0 spiro atoms. The third-order valence-electron chi connectivity index (χ3n) is 6.10. The second kappa shape index (κ2) is 10.3.